The van der Waals surface area contributed by atoms with E-state index in [-0.39, 0.29) is 0 Å². The van der Waals surface area contributed by atoms with E-state index in [1.807, 2.05) is 0 Å². The summed E-state index contributed by atoms with van der Waals surface area (Å²) in [5.41, 5.74) is -0.822. The van der Waals surface area contributed by atoms with E-state index < -0.39 is 17.4 Å². The second-order valence-corrected chi connectivity index (χ2v) is 3.65. The van der Waals surface area contributed by atoms with Crippen molar-refractivity contribution in [1.82, 2.24) is 0 Å². The summed E-state index contributed by atoms with van der Waals surface area (Å²) in [4.78, 5) is 0. The van der Waals surface area contributed by atoms with E-state index in [1.54, 1.807) is 20.8 Å². The monoisotopic (exact) mass is 164 g/mol. The molecule has 1 nitrogen and oxygen atoms in total. The minimum absolute atomic E-state index is 0.475. The molecular formula is C8H14F2O. The fourth-order valence-electron chi connectivity index (χ4n) is 0.689. The number of halogens is 2. The lowest BCUT2D eigenvalue weighted by atomic mass is 9.85. The summed E-state index contributed by atoms with van der Waals surface area (Å²) < 4.78 is 25.3. The largest absolute Gasteiger partial charge is 0.386 e. The highest BCUT2D eigenvalue weighted by Crippen LogP contribution is 2.32. The van der Waals surface area contributed by atoms with Gasteiger partial charge in [0.2, 0.25) is 0 Å². The van der Waals surface area contributed by atoms with Gasteiger partial charge < -0.3 is 5.11 Å². The molecule has 1 unspecified atom stereocenters. The highest BCUT2D eigenvalue weighted by molar-refractivity contribution is 4.97. The zero-order chi connectivity index (χ0) is 9.28. The van der Waals surface area contributed by atoms with Gasteiger partial charge in [0.05, 0.1) is 0 Å². The van der Waals surface area contributed by atoms with Gasteiger partial charge in [-0.2, -0.15) is 8.78 Å². The van der Waals surface area contributed by atoms with Gasteiger partial charge in [-0.15, -0.1) is 0 Å². The standard InChI is InChI=1S/C8H14F2O/c1-5-8(9,10)6(11)7(2,3)4/h5-6,11H,1H2,2-4H3. The number of aliphatic hydroxyl groups excluding tert-OH is 1. The van der Waals surface area contributed by atoms with Crippen LogP contribution in [0.3, 0.4) is 0 Å². The van der Waals surface area contributed by atoms with Gasteiger partial charge in [0.1, 0.15) is 6.10 Å². The zero-order valence-corrected chi connectivity index (χ0v) is 7.06. The van der Waals surface area contributed by atoms with Crippen LogP contribution in [0.2, 0.25) is 0 Å². The van der Waals surface area contributed by atoms with Crippen LogP contribution in [0, 0.1) is 5.41 Å². The van der Waals surface area contributed by atoms with Crippen LogP contribution in [0.5, 0.6) is 0 Å². The number of alkyl halides is 2. The summed E-state index contributed by atoms with van der Waals surface area (Å²) in [6.07, 6.45) is -1.20. The number of aliphatic hydroxyl groups is 1. The van der Waals surface area contributed by atoms with Gasteiger partial charge >= 0.3 is 0 Å². The summed E-state index contributed by atoms with van der Waals surface area (Å²) >= 11 is 0. The summed E-state index contributed by atoms with van der Waals surface area (Å²) in [6.45, 7) is 7.61. The highest BCUT2D eigenvalue weighted by atomic mass is 19.3. The second-order valence-electron chi connectivity index (χ2n) is 3.65. The van der Waals surface area contributed by atoms with Gasteiger partial charge in [0, 0.05) is 0 Å². The van der Waals surface area contributed by atoms with Crippen molar-refractivity contribution in [3.8, 4) is 0 Å². The van der Waals surface area contributed by atoms with E-state index in [0.29, 0.717) is 6.08 Å². The Labute approximate surface area is 65.7 Å². The molecule has 1 N–H and O–H groups in total. The van der Waals surface area contributed by atoms with Gasteiger partial charge in [-0.1, -0.05) is 27.4 Å². The van der Waals surface area contributed by atoms with Crippen molar-refractivity contribution in [2.75, 3.05) is 0 Å². The van der Waals surface area contributed by atoms with Crippen LogP contribution in [0.4, 0.5) is 8.78 Å². The lowest BCUT2D eigenvalue weighted by Crippen LogP contribution is -2.41. The molecule has 0 saturated carbocycles. The summed E-state index contributed by atoms with van der Waals surface area (Å²) in [5.74, 6) is -3.20. The first-order chi connectivity index (χ1) is 4.72. The Morgan fingerprint density at radius 2 is 1.73 bits per heavy atom. The Morgan fingerprint density at radius 3 is 1.82 bits per heavy atom. The molecule has 0 amide bonds. The summed E-state index contributed by atoms with van der Waals surface area (Å²) in [6, 6.07) is 0. The Kier molecular flexibility index (Phi) is 2.78. The van der Waals surface area contributed by atoms with Crippen molar-refractivity contribution in [3.63, 3.8) is 0 Å². The van der Waals surface area contributed by atoms with Gasteiger partial charge in [-0.05, 0) is 11.5 Å². The predicted molar refractivity (Wildman–Crippen MR) is 40.6 cm³/mol. The van der Waals surface area contributed by atoms with Gasteiger partial charge in [0.15, 0.2) is 0 Å². The average Bonchev–Trinajstić information content (AvgIpc) is 1.84. The van der Waals surface area contributed by atoms with Crippen molar-refractivity contribution in [2.24, 2.45) is 5.41 Å². The zero-order valence-electron chi connectivity index (χ0n) is 7.06. The molecule has 0 bridgehead atoms. The molecule has 0 fully saturated rings. The molecule has 0 aromatic heterocycles. The maximum Gasteiger partial charge on any atom is 0.292 e. The normalized spacial score (nSPS) is 16.2. The molecule has 66 valence electrons. The van der Waals surface area contributed by atoms with Gasteiger partial charge in [-0.3, -0.25) is 0 Å². The molecule has 0 saturated heterocycles. The Hall–Kier alpha value is -0.440. The van der Waals surface area contributed by atoms with Crippen LogP contribution in [0.15, 0.2) is 12.7 Å². The average molecular weight is 164 g/mol. The SMILES string of the molecule is C=CC(F)(F)C(O)C(C)(C)C. The van der Waals surface area contributed by atoms with E-state index in [2.05, 4.69) is 6.58 Å². The first kappa shape index (κ1) is 10.6. The van der Waals surface area contributed by atoms with Crippen molar-refractivity contribution >= 4 is 0 Å². The van der Waals surface area contributed by atoms with Gasteiger partial charge in [-0.25, -0.2) is 0 Å². The lowest BCUT2D eigenvalue weighted by Gasteiger charge is -2.30. The van der Waals surface area contributed by atoms with Crippen molar-refractivity contribution < 1.29 is 13.9 Å². The fraction of sp³-hybridized carbons (Fsp3) is 0.750. The molecule has 0 rings (SSSR count). The maximum atomic E-state index is 12.7. The molecule has 0 heterocycles. The molecule has 1 atom stereocenters. The van der Waals surface area contributed by atoms with Crippen LogP contribution in [-0.2, 0) is 0 Å². The molecule has 0 aromatic rings. The third kappa shape index (κ3) is 2.58. The highest BCUT2D eigenvalue weighted by Gasteiger charge is 2.42. The minimum Gasteiger partial charge on any atom is -0.386 e. The van der Waals surface area contributed by atoms with E-state index >= 15 is 0 Å². The first-order valence-electron chi connectivity index (χ1n) is 3.41. The van der Waals surface area contributed by atoms with E-state index in [9.17, 15) is 8.78 Å². The topological polar surface area (TPSA) is 20.2 Å². The Morgan fingerprint density at radius 1 is 1.36 bits per heavy atom. The molecule has 0 aliphatic rings. The second kappa shape index (κ2) is 2.89. The smallest absolute Gasteiger partial charge is 0.292 e. The molecular weight excluding hydrogens is 150 g/mol. The number of hydrogen-bond donors (Lipinski definition) is 1. The van der Waals surface area contributed by atoms with Gasteiger partial charge in [0.25, 0.3) is 5.92 Å². The summed E-state index contributed by atoms with van der Waals surface area (Å²) in [7, 11) is 0. The fourth-order valence-corrected chi connectivity index (χ4v) is 0.689. The summed E-state index contributed by atoms with van der Waals surface area (Å²) in [5, 5.41) is 9.09. The van der Waals surface area contributed by atoms with Crippen LogP contribution < -0.4 is 0 Å². The van der Waals surface area contributed by atoms with Crippen molar-refractivity contribution in [1.29, 1.82) is 0 Å². The molecule has 0 spiro atoms. The van der Waals surface area contributed by atoms with Crippen LogP contribution >= 0.6 is 0 Å². The van der Waals surface area contributed by atoms with E-state index in [0.717, 1.165) is 0 Å². The molecule has 0 aliphatic heterocycles. The predicted octanol–water partition coefficient (Wildman–Crippen LogP) is 2.21. The van der Waals surface area contributed by atoms with E-state index in [4.69, 9.17) is 5.11 Å². The van der Waals surface area contributed by atoms with Crippen molar-refractivity contribution in [2.45, 2.75) is 32.8 Å². The van der Waals surface area contributed by atoms with E-state index in [1.165, 1.54) is 0 Å². The molecule has 3 heteroatoms. The lowest BCUT2D eigenvalue weighted by molar-refractivity contribution is -0.116. The van der Waals surface area contributed by atoms with Crippen LogP contribution in [0.1, 0.15) is 20.8 Å². The third-order valence-electron chi connectivity index (χ3n) is 1.46. The van der Waals surface area contributed by atoms with Crippen LogP contribution in [0.25, 0.3) is 0 Å². The minimum atomic E-state index is -3.20. The maximum absolute atomic E-state index is 12.7. The quantitative estimate of drug-likeness (QED) is 0.620. The molecule has 0 radical (unpaired) electrons. The molecule has 11 heavy (non-hydrogen) atoms. The molecule has 0 aromatic carbocycles. The Bertz CT molecular complexity index is 147. The van der Waals surface area contributed by atoms with Crippen LogP contribution in [-0.4, -0.2) is 17.1 Å². The first-order valence-corrected chi connectivity index (χ1v) is 3.41. The number of hydrogen-bond acceptors (Lipinski definition) is 1. The van der Waals surface area contributed by atoms with Crippen molar-refractivity contribution in [3.05, 3.63) is 12.7 Å². The number of rotatable bonds is 2. The molecule has 0 aliphatic carbocycles. The third-order valence-corrected chi connectivity index (χ3v) is 1.46. The Balaban J connectivity index is 4.48.